The molecule has 3 aliphatic rings. The van der Waals surface area contributed by atoms with Crippen LogP contribution in [0.25, 0.3) is 0 Å². The number of carbonyl (C=O) groups excluding carboxylic acids is 1. The molecular formula is C13H16F4O4. The Labute approximate surface area is 118 Å². The summed E-state index contributed by atoms with van der Waals surface area (Å²) in [7, 11) is 0. The van der Waals surface area contributed by atoms with Crippen molar-refractivity contribution in [3.63, 3.8) is 0 Å². The van der Waals surface area contributed by atoms with E-state index in [0.29, 0.717) is 26.2 Å². The van der Waals surface area contributed by atoms with Gasteiger partial charge in [-0.2, -0.15) is 8.78 Å². The maximum atomic E-state index is 13.2. The first kappa shape index (κ1) is 15.0. The highest BCUT2D eigenvalue weighted by molar-refractivity contribution is 5.77. The SMILES string of the molecule is CC(F)(F)C(=O)OC1C2CCC(C2)C12OCC(F)(F)CO2. The van der Waals surface area contributed by atoms with E-state index in [2.05, 4.69) is 0 Å². The van der Waals surface area contributed by atoms with E-state index < -0.39 is 42.9 Å². The van der Waals surface area contributed by atoms with Crippen LogP contribution < -0.4 is 0 Å². The van der Waals surface area contributed by atoms with Crippen molar-refractivity contribution in [3.05, 3.63) is 0 Å². The number of ether oxygens (including phenoxy) is 3. The van der Waals surface area contributed by atoms with Crippen molar-refractivity contribution in [3.8, 4) is 0 Å². The molecule has 3 rings (SSSR count). The third-order valence-corrected chi connectivity index (χ3v) is 4.48. The Morgan fingerprint density at radius 3 is 2.43 bits per heavy atom. The van der Waals surface area contributed by atoms with Crippen molar-refractivity contribution in [2.24, 2.45) is 11.8 Å². The molecule has 0 aromatic rings. The van der Waals surface area contributed by atoms with Gasteiger partial charge in [0.2, 0.25) is 5.79 Å². The lowest BCUT2D eigenvalue weighted by molar-refractivity contribution is -0.371. The largest absolute Gasteiger partial charge is 0.452 e. The first-order valence-corrected chi connectivity index (χ1v) is 6.89. The summed E-state index contributed by atoms with van der Waals surface area (Å²) >= 11 is 0. The summed E-state index contributed by atoms with van der Waals surface area (Å²) in [5.41, 5.74) is 0. The minimum absolute atomic E-state index is 0.187. The Morgan fingerprint density at radius 1 is 1.24 bits per heavy atom. The number of rotatable bonds is 2. The Hall–Kier alpha value is -0.890. The van der Waals surface area contributed by atoms with Gasteiger partial charge in [0, 0.05) is 18.8 Å². The molecule has 120 valence electrons. The van der Waals surface area contributed by atoms with E-state index in [1.165, 1.54) is 0 Å². The predicted octanol–water partition coefficient (Wildman–Crippen LogP) is 2.36. The van der Waals surface area contributed by atoms with Crippen LogP contribution in [0.5, 0.6) is 0 Å². The lowest BCUT2D eigenvalue weighted by Crippen LogP contribution is -2.60. The first-order valence-electron chi connectivity index (χ1n) is 6.89. The normalized spacial score (nSPS) is 36.9. The summed E-state index contributed by atoms with van der Waals surface area (Å²) in [6.07, 6.45) is 0.889. The number of halogens is 4. The highest BCUT2D eigenvalue weighted by Crippen LogP contribution is 2.56. The number of fused-ring (bicyclic) bond motifs is 3. The summed E-state index contributed by atoms with van der Waals surface area (Å²) in [6.45, 7) is -1.27. The maximum Gasteiger partial charge on any atom is 0.377 e. The zero-order valence-electron chi connectivity index (χ0n) is 11.4. The Kier molecular flexibility index (Phi) is 3.26. The lowest BCUT2D eigenvalue weighted by atomic mass is 9.90. The molecule has 4 nitrogen and oxygen atoms in total. The van der Waals surface area contributed by atoms with Crippen LogP contribution in [-0.2, 0) is 19.0 Å². The molecule has 0 aromatic heterocycles. The van der Waals surface area contributed by atoms with Crippen LogP contribution in [0.1, 0.15) is 26.2 Å². The molecule has 2 aliphatic carbocycles. The van der Waals surface area contributed by atoms with Crippen LogP contribution in [0.2, 0.25) is 0 Å². The van der Waals surface area contributed by atoms with E-state index >= 15 is 0 Å². The van der Waals surface area contributed by atoms with E-state index in [-0.39, 0.29) is 11.8 Å². The zero-order chi connectivity index (χ0) is 15.5. The molecule has 3 fully saturated rings. The fraction of sp³-hybridized carbons (Fsp3) is 0.923. The molecule has 1 heterocycles. The van der Waals surface area contributed by atoms with E-state index in [1.807, 2.05) is 0 Å². The molecule has 0 radical (unpaired) electrons. The lowest BCUT2D eigenvalue weighted by Gasteiger charge is -2.46. The molecule has 2 bridgehead atoms. The maximum absolute atomic E-state index is 13.2. The minimum Gasteiger partial charge on any atom is -0.452 e. The topological polar surface area (TPSA) is 44.8 Å². The molecule has 0 amide bonds. The highest BCUT2D eigenvalue weighted by atomic mass is 19.3. The highest BCUT2D eigenvalue weighted by Gasteiger charge is 2.66. The van der Waals surface area contributed by atoms with Gasteiger partial charge >= 0.3 is 11.9 Å². The van der Waals surface area contributed by atoms with Crippen molar-refractivity contribution in [1.82, 2.24) is 0 Å². The smallest absolute Gasteiger partial charge is 0.377 e. The van der Waals surface area contributed by atoms with Gasteiger partial charge in [-0.3, -0.25) is 0 Å². The summed E-state index contributed by atoms with van der Waals surface area (Å²) in [4.78, 5) is 11.4. The third kappa shape index (κ3) is 2.42. The molecule has 1 aliphatic heterocycles. The monoisotopic (exact) mass is 312 g/mol. The number of hydrogen-bond donors (Lipinski definition) is 0. The van der Waals surface area contributed by atoms with Crippen LogP contribution in [0.15, 0.2) is 0 Å². The first-order chi connectivity index (χ1) is 9.64. The Balaban J connectivity index is 1.80. The third-order valence-electron chi connectivity index (χ3n) is 4.48. The van der Waals surface area contributed by atoms with Crippen LogP contribution in [0.4, 0.5) is 17.6 Å². The summed E-state index contributed by atoms with van der Waals surface area (Å²) in [5.74, 6) is -10.3. The summed E-state index contributed by atoms with van der Waals surface area (Å²) < 4.78 is 67.7. The molecule has 1 saturated heterocycles. The molecule has 1 spiro atoms. The number of hydrogen-bond acceptors (Lipinski definition) is 4. The van der Waals surface area contributed by atoms with Crippen molar-refractivity contribution in [1.29, 1.82) is 0 Å². The number of esters is 1. The summed E-state index contributed by atoms with van der Waals surface area (Å²) in [6, 6.07) is 0. The van der Waals surface area contributed by atoms with Gasteiger partial charge in [-0.1, -0.05) is 0 Å². The fourth-order valence-corrected chi connectivity index (χ4v) is 3.53. The zero-order valence-corrected chi connectivity index (χ0v) is 11.4. The standard InChI is InChI=1S/C13H16F4O4/c1-11(14,15)10(18)21-9-7-2-3-8(4-7)13(9)19-5-12(16,17)6-20-13/h7-9H,2-6H2,1H3. The second kappa shape index (κ2) is 4.55. The average Bonchev–Trinajstić information content (AvgIpc) is 2.94. The fourth-order valence-electron chi connectivity index (χ4n) is 3.53. The molecule has 3 unspecified atom stereocenters. The van der Waals surface area contributed by atoms with Gasteiger partial charge in [0.1, 0.15) is 13.2 Å². The van der Waals surface area contributed by atoms with Gasteiger partial charge in [-0.05, 0) is 19.3 Å². The van der Waals surface area contributed by atoms with Crippen LogP contribution >= 0.6 is 0 Å². The summed E-state index contributed by atoms with van der Waals surface area (Å²) in [5, 5.41) is 0. The Bertz CT molecular complexity index is 438. The van der Waals surface area contributed by atoms with Crippen LogP contribution in [0.3, 0.4) is 0 Å². The van der Waals surface area contributed by atoms with Gasteiger partial charge in [0.15, 0.2) is 6.10 Å². The molecule has 3 atom stereocenters. The second-order valence-corrected chi connectivity index (χ2v) is 6.14. The molecule has 8 heteroatoms. The number of alkyl halides is 4. The van der Waals surface area contributed by atoms with Gasteiger partial charge < -0.3 is 14.2 Å². The van der Waals surface area contributed by atoms with E-state index in [4.69, 9.17) is 14.2 Å². The van der Waals surface area contributed by atoms with Crippen molar-refractivity contribution >= 4 is 5.97 Å². The minimum atomic E-state index is -3.64. The molecule has 0 aromatic carbocycles. The van der Waals surface area contributed by atoms with Gasteiger partial charge in [-0.25, -0.2) is 13.6 Å². The van der Waals surface area contributed by atoms with E-state index in [0.717, 1.165) is 0 Å². The van der Waals surface area contributed by atoms with Crippen LogP contribution in [0, 0.1) is 11.8 Å². The van der Waals surface area contributed by atoms with Gasteiger partial charge in [-0.15, -0.1) is 0 Å². The predicted molar refractivity (Wildman–Crippen MR) is 60.9 cm³/mol. The Morgan fingerprint density at radius 2 is 1.86 bits per heavy atom. The van der Waals surface area contributed by atoms with Crippen molar-refractivity contribution < 1.29 is 36.6 Å². The average molecular weight is 312 g/mol. The molecular weight excluding hydrogens is 296 g/mol. The molecule has 2 saturated carbocycles. The molecule has 0 N–H and O–H groups in total. The van der Waals surface area contributed by atoms with Crippen molar-refractivity contribution in [2.75, 3.05) is 13.2 Å². The number of carbonyl (C=O) groups is 1. The van der Waals surface area contributed by atoms with Gasteiger partial charge in [0.25, 0.3) is 5.92 Å². The molecule has 21 heavy (non-hydrogen) atoms. The van der Waals surface area contributed by atoms with Crippen molar-refractivity contribution in [2.45, 2.75) is 49.9 Å². The van der Waals surface area contributed by atoms with E-state index in [9.17, 15) is 22.4 Å². The van der Waals surface area contributed by atoms with E-state index in [1.54, 1.807) is 0 Å². The quantitative estimate of drug-likeness (QED) is 0.580. The van der Waals surface area contributed by atoms with Gasteiger partial charge in [0.05, 0.1) is 0 Å². The second-order valence-electron chi connectivity index (χ2n) is 6.14. The van der Waals surface area contributed by atoms with Crippen LogP contribution in [-0.4, -0.2) is 42.9 Å².